The molecule has 90 valence electrons. The Bertz CT molecular complexity index is 305. The second-order valence-corrected chi connectivity index (χ2v) is 7.95. The number of hydrogen-bond donors (Lipinski definition) is 0. The third kappa shape index (κ3) is 1.77. The Morgan fingerprint density at radius 3 is 2.62 bits per heavy atom. The zero-order chi connectivity index (χ0) is 11.3. The van der Waals surface area contributed by atoms with E-state index in [0.29, 0.717) is 11.8 Å². The van der Waals surface area contributed by atoms with E-state index in [0.717, 1.165) is 30.7 Å². The molecule has 3 rings (SSSR count). The lowest BCUT2D eigenvalue weighted by Crippen LogP contribution is -2.47. The fraction of sp³-hybridized carbons (Fsp3) is 0.923. The quantitative estimate of drug-likeness (QED) is 0.700. The van der Waals surface area contributed by atoms with Gasteiger partial charge in [0.25, 0.3) is 0 Å². The van der Waals surface area contributed by atoms with Crippen LogP contribution in [-0.2, 0) is 4.79 Å². The SMILES string of the molecule is CC1(C)CN(C(=O)C2C3CCCC32)CCS1. The van der Waals surface area contributed by atoms with E-state index in [4.69, 9.17) is 0 Å². The largest absolute Gasteiger partial charge is 0.340 e. The van der Waals surface area contributed by atoms with Gasteiger partial charge in [-0.15, -0.1) is 0 Å². The number of carbonyl (C=O) groups is 1. The Labute approximate surface area is 102 Å². The minimum atomic E-state index is 0.262. The highest BCUT2D eigenvalue weighted by Gasteiger charge is 2.57. The minimum absolute atomic E-state index is 0.262. The van der Waals surface area contributed by atoms with Gasteiger partial charge in [-0.05, 0) is 38.5 Å². The molecule has 1 heterocycles. The zero-order valence-electron chi connectivity index (χ0n) is 10.2. The maximum Gasteiger partial charge on any atom is 0.226 e. The highest BCUT2D eigenvalue weighted by atomic mass is 32.2. The summed E-state index contributed by atoms with van der Waals surface area (Å²) in [6.07, 6.45) is 3.99. The van der Waals surface area contributed by atoms with Crippen molar-refractivity contribution in [3.05, 3.63) is 0 Å². The molecule has 1 saturated heterocycles. The molecule has 0 aromatic heterocycles. The van der Waals surface area contributed by atoms with Crippen molar-refractivity contribution >= 4 is 17.7 Å². The van der Waals surface area contributed by atoms with Gasteiger partial charge in [0.2, 0.25) is 5.91 Å². The summed E-state index contributed by atoms with van der Waals surface area (Å²) in [5.41, 5.74) is 0. The van der Waals surface area contributed by atoms with Crippen molar-refractivity contribution in [2.75, 3.05) is 18.8 Å². The predicted octanol–water partition coefficient (Wildman–Crippen LogP) is 2.39. The van der Waals surface area contributed by atoms with Gasteiger partial charge in [-0.3, -0.25) is 4.79 Å². The van der Waals surface area contributed by atoms with Gasteiger partial charge in [-0.2, -0.15) is 11.8 Å². The average molecular weight is 239 g/mol. The molecule has 0 aromatic rings. The monoisotopic (exact) mass is 239 g/mol. The fourth-order valence-electron chi connectivity index (χ4n) is 3.60. The topological polar surface area (TPSA) is 20.3 Å². The lowest BCUT2D eigenvalue weighted by molar-refractivity contribution is -0.133. The molecule has 3 heteroatoms. The van der Waals surface area contributed by atoms with Crippen LogP contribution in [0.15, 0.2) is 0 Å². The van der Waals surface area contributed by atoms with Crippen molar-refractivity contribution in [3.63, 3.8) is 0 Å². The Balaban J connectivity index is 1.63. The molecule has 0 radical (unpaired) electrons. The van der Waals surface area contributed by atoms with E-state index in [1.165, 1.54) is 19.3 Å². The Morgan fingerprint density at radius 1 is 1.31 bits per heavy atom. The highest BCUT2D eigenvalue weighted by molar-refractivity contribution is 8.00. The van der Waals surface area contributed by atoms with Crippen LogP contribution in [0.25, 0.3) is 0 Å². The van der Waals surface area contributed by atoms with Gasteiger partial charge in [0.1, 0.15) is 0 Å². The van der Waals surface area contributed by atoms with Crippen LogP contribution in [0, 0.1) is 17.8 Å². The smallest absolute Gasteiger partial charge is 0.226 e. The third-order valence-corrected chi connectivity index (χ3v) is 5.73. The number of carbonyl (C=O) groups excluding carboxylic acids is 1. The number of fused-ring (bicyclic) bond motifs is 1. The molecule has 0 N–H and O–H groups in total. The van der Waals surface area contributed by atoms with Crippen molar-refractivity contribution in [1.82, 2.24) is 4.90 Å². The lowest BCUT2D eigenvalue weighted by Gasteiger charge is -2.38. The maximum absolute atomic E-state index is 12.4. The second kappa shape index (κ2) is 3.66. The van der Waals surface area contributed by atoms with Crippen molar-refractivity contribution < 1.29 is 4.79 Å². The number of hydrogen-bond acceptors (Lipinski definition) is 2. The lowest BCUT2D eigenvalue weighted by atomic mass is 10.1. The van der Waals surface area contributed by atoms with E-state index in [9.17, 15) is 4.79 Å². The van der Waals surface area contributed by atoms with Crippen molar-refractivity contribution in [2.45, 2.75) is 37.9 Å². The first-order valence-corrected chi connectivity index (χ1v) is 7.50. The molecular formula is C13H21NOS. The van der Waals surface area contributed by atoms with Crippen LogP contribution in [0.1, 0.15) is 33.1 Å². The Kier molecular flexibility index (Phi) is 2.50. The van der Waals surface area contributed by atoms with Gasteiger partial charge >= 0.3 is 0 Å². The van der Waals surface area contributed by atoms with Gasteiger partial charge in [-0.1, -0.05) is 6.42 Å². The van der Waals surface area contributed by atoms with E-state index in [1.807, 2.05) is 11.8 Å². The molecule has 2 saturated carbocycles. The maximum atomic E-state index is 12.4. The van der Waals surface area contributed by atoms with E-state index < -0.39 is 0 Å². The van der Waals surface area contributed by atoms with Crippen LogP contribution in [0.5, 0.6) is 0 Å². The number of nitrogens with zero attached hydrogens (tertiary/aromatic N) is 1. The van der Waals surface area contributed by atoms with Gasteiger partial charge in [-0.25, -0.2) is 0 Å². The van der Waals surface area contributed by atoms with Crippen LogP contribution in [0.2, 0.25) is 0 Å². The minimum Gasteiger partial charge on any atom is -0.340 e. The van der Waals surface area contributed by atoms with Gasteiger partial charge in [0, 0.05) is 29.5 Å². The molecule has 2 atom stereocenters. The van der Waals surface area contributed by atoms with Crippen LogP contribution in [0.3, 0.4) is 0 Å². The standard InChI is InChI=1S/C13H21NOS/c1-13(2)8-14(6-7-16-13)12(15)11-9-4-3-5-10(9)11/h9-11H,3-8H2,1-2H3. The fourth-order valence-corrected chi connectivity index (χ4v) is 4.71. The number of rotatable bonds is 1. The molecule has 2 nitrogen and oxygen atoms in total. The summed E-state index contributed by atoms with van der Waals surface area (Å²) in [5, 5.41) is 0. The van der Waals surface area contributed by atoms with Crippen LogP contribution < -0.4 is 0 Å². The van der Waals surface area contributed by atoms with E-state index in [-0.39, 0.29) is 4.75 Å². The van der Waals surface area contributed by atoms with Crippen LogP contribution in [0.4, 0.5) is 0 Å². The Morgan fingerprint density at radius 2 is 2.00 bits per heavy atom. The molecule has 0 bridgehead atoms. The molecule has 2 aliphatic carbocycles. The number of thioether (sulfide) groups is 1. The predicted molar refractivity (Wildman–Crippen MR) is 67.4 cm³/mol. The first kappa shape index (κ1) is 10.9. The molecule has 16 heavy (non-hydrogen) atoms. The first-order valence-electron chi connectivity index (χ1n) is 6.51. The molecule has 2 unspecified atom stereocenters. The number of amides is 1. The molecule has 3 fully saturated rings. The summed E-state index contributed by atoms with van der Waals surface area (Å²) >= 11 is 2.00. The van der Waals surface area contributed by atoms with Crippen LogP contribution in [-0.4, -0.2) is 34.4 Å². The van der Waals surface area contributed by atoms with E-state index in [2.05, 4.69) is 18.7 Å². The van der Waals surface area contributed by atoms with Crippen molar-refractivity contribution in [3.8, 4) is 0 Å². The van der Waals surface area contributed by atoms with Gasteiger partial charge in [0.15, 0.2) is 0 Å². The van der Waals surface area contributed by atoms with Crippen molar-refractivity contribution in [1.29, 1.82) is 0 Å². The van der Waals surface area contributed by atoms with Crippen molar-refractivity contribution in [2.24, 2.45) is 17.8 Å². The second-order valence-electron chi connectivity index (χ2n) is 6.15. The average Bonchev–Trinajstić information content (AvgIpc) is 2.68. The van der Waals surface area contributed by atoms with E-state index >= 15 is 0 Å². The summed E-state index contributed by atoms with van der Waals surface area (Å²) in [6, 6.07) is 0. The van der Waals surface area contributed by atoms with Gasteiger partial charge in [0.05, 0.1) is 0 Å². The van der Waals surface area contributed by atoms with E-state index in [1.54, 1.807) is 0 Å². The summed E-state index contributed by atoms with van der Waals surface area (Å²) in [7, 11) is 0. The van der Waals surface area contributed by atoms with Gasteiger partial charge < -0.3 is 4.90 Å². The third-order valence-electron chi connectivity index (χ3n) is 4.43. The summed E-state index contributed by atoms with van der Waals surface area (Å²) in [6.45, 7) is 6.44. The van der Waals surface area contributed by atoms with Crippen LogP contribution >= 0.6 is 11.8 Å². The molecule has 0 spiro atoms. The molecule has 1 aliphatic heterocycles. The molecule has 1 amide bonds. The molecule has 0 aromatic carbocycles. The first-order chi connectivity index (χ1) is 7.58. The normalized spacial score (nSPS) is 40.6. The zero-order valence-corrected chi connectivity index (χ0v) is 11.1. The summed E-state index contributed by atoms with van der Waals surface area (Å²) < 4.78 is 0.262. The Hall–Kier alpha value is -0.180. The summed E-state index contributed by atoms with van der Waals surface area (Å²) in [4.78, 5) is 14.5. The molecular weight excluding hydrogens is 218 g/mol. The highest BCUT2D eigenvalue weighted by Crippen LogP contribution is 2.58. The molecule has 3 aliphatic rings. The summed E-state index contributed by atoms with van der Waals surface area (Å²) in [5.74, 6) is 3.55.